The van der Waals surface area contributed by atoms with E-state index in [2.05, 4.69) is 5.32 Å². The molecule has 10 heavy (non-hydrogen) atoms. The summed E-state index contributed by atoms with van der Waals surface area (Å²) >= 11 is 0. The van der Waals surface area contributed by atoms with Crippen molar-refractivity contribution < 1.29 is 5.11 Å². The minimum absolute atomic E-state index is 0.398. The van der Waals surface area contributed by atoms with Gasteiger partial charge in [-0.3, -0.25) is 0 Å². The molecule has 0 unspecified atom stereocenters. The minimum Gasteiger partial charge on any atom is -0.396 e. The zero-order valence-electron chi connectivity index (χ0n) is 6.21. The van der Waals surface area contributed by atoms with Crippen LogP contribution < -0.4 is 5.32 Å². The molecule has 0 aliphatic carbocycles. The number of hydrogen-bond donors (Lipinski definition) is 2. The zero-order valence-corrected chi connectivity index (χ0v) is 6.21. The summed E-state index contributed by atoms with van der Waals surface area (Å²) in [6.07, 6.45) is 5.07. The van der Waals surface area contributed by atoms with E-state index in [1.807, 2.05) is 0 Å². The largest absolute Gasteiger partial charge is 0.396 e. The van der Waals surface area contributed by atoms with Crippen LogP contribution in [0, 0.1) is 5.92 Å². The first-order valence-electron chi connectivity index (χ1n) is 4.25. The summed E-state index contributed by atoms with van der Waals surface area (Å²) in [6, 6.07) is 1.46. The van der Waals surface area contributed by atoms with E-state index in [0.29, 0.717) is 12.5 Å². The van der Waals surface area contributed by atoms with Crippen molar-refractivity contribution in [1.82, 2.24) is 5.32 Å². The molecular weight excluding hydrogens is 126 g/mol. The highest BCUT2D eigenvalue weighted by Crippen LogP contribution is 2.30. The molecule has 2 rings (SSSR count). The zero-order chi connectivity index (χ0) is 6.97. The molecule has 2 N–H and O–H groups in total. The van der Waals surface area contributed by atoms with Gasteiger partial charge >= 0.3 is 0 Å². The van der Waals surface area contributed by atoms with Gasteiger partial charge in [0.2, 0.25) is 0 Å². The molecule has 0 aromatic carbocycles. The third-order valence-electron chi connectivity index (χ3n) is 2.83. The fourth-order valence-electron chi connectivity index (χ4n) is 2.32. The van der Waals surface area contributed by atoms with Crippen LogP contribution in [0.2, 0.25) is 0 Å². The Bertz CT molecular complexity index is 114. The van der Waals surface area contributed by atoms with Crippen LogP contribution in [0.5, 0.6) is 0 Å². The predicted octanol–water partition coefficient (Wildman–Crippen LogP) is 0.509. The molecule has 2 saturated heterocycles. The smallest absolute Gasteiger partial charge is 0.0460 e. The van der Waals surface area contributed by atoms with Gasteiger partial charge in [0.05, 0.1) is 0 Å². The summed E-state index contributed by atoms with van der Waals surface area (Å²) in [7, 11) is 0. The number of aliphatic hydroxyl groups is 1. The fourth-order valence-corrected chi connectivity index (χ4v) is 2.32. The number of hydrogen-bond acceptors (Lipinski definition) is 2. The van der Waals surface area contributed by atoms with Gasteiger partial charge in [0, 0.05) is 18.7 Å². The fraction of sp³-hybridized carbons (Fsp3) is 1.00. The molecule has 0 saturated carbocycles. The molecule has 0 spiro atoms. The molecule has 3 atom stereocenters. The number of fused-ring (bicyclic) bond motifs is 2. The number of nitrogens with one attached hydrogen (secondary N) is 1. The molecule has 2 fully saturated rings. The average Bonchev–Trinajstić information content (AvgIpc) is 2.30. The number of aliphatic hydroxyl groups excluding tert-OH is 1. The number of rotatable bonds is 1. The monoisotopic (exact) mass is 141 g/mol. The predicted molar refractivity (Wildman–Crippen MR) is 39.8 cm³/mol. The van der Waals surface area contributed by atoms with Crippen molar-refractivity contribution in [1.29, 1.82) is 0 Å². The Morgan fingerprint density at radius 1 is 1.20 bits per heavy atom. The Morgan fingerprint density at radius 2 is 1.80 bits per heavy atom. The Kier molecular flexibility index (Phi) is 1.66. The van der Waals surface area contributed by atoms with Gasteiger partial charge < -0.3 is 10.4 Å². The molecule has 0 aromatic rings. The maximum absolute atomic E-state index is 8.93. The molecule has 0 aromatic heterocycles. The van der Waals surface area contributed by atoms with Crippen molar-refractivity contribution in [3.63, 3.8) is 0 Å². The van der Waals surface area contributed by atoms with E-state index in [0.717, 1.165) is 12.1 Å². The lowest BCUT2D eigenvalue weighted by Gasteiger charge is -2.27. The molecule has 2 nitrogen and oxygen atoms in total. The lowest BCUT2D eigenvalue weighted by atomic mass is 9.93. The first-order chi connectivity index (χ1) is 4.88. The summed E-state index contributed by atoms with van der Waals surface area (Å²) in [4.78, 5) is 0. The molecule has 2 heteroatoms. The lowest BCUT2D eigenvalue weighted by Crippen LogP contribution is -2.38. The quantitative estimate of drug-likeness (QED) is 0.557. The van der Waals surface area contributed by atoms with Crippen molar-refractivity contribution in [2.24, 2.45) is 5.92 Å². The third-order valence-corrected chi connectivity index (χ3v) is 2.83. The highest BCUT2D eigenvalue weighted by atomic mass is 16.3. The van der Waals surface area contributed by atoms with Crippen molar-refractivity contribution >= 4 is 0 Å². The van der Waals surface area contributed by atoms with E-state index in [-0.39, 0.29) is 0 Å². The van der Waals surface area contributed by atoms with Crippen molar-refractivity contribution in [3.8, 4) is 0 Å². The van der Waals surface area contributed by atoms with Gasteiger partial charge in [0.25, 0.3) is 0 Å². The van der Waals surface area contributed by atoms with Crippen LogP contribution in [0.4, 0.5) is 0 Å². The summed E-state index contributed by atoms with van der Waals surface area (Å²) in [6.45, 7) is 0.398. The number of piperidine rings is 1. The van der Waals surface area contributed by atoms with Crippen molar-refractivity contribution in [2.45, 2.75) is 37.8 Å². The maximum Gasteiger partial charge on any atom is 0.0460 e. The Labute approximate surface area is 61.6 Å². The highest BCUT2D eigenvalue weighted by Gasteiger charge is 2.32. The second-order valence-electron chi connectivity index (χ2n) is 3.66. The summed E-state index contributed by atoms with van der Waals surface area (Å²) < 4.78 is 0. The first kappa shape index (κ1) is 6.62. The van der Waals surface area contributed by atoms with Gasteiger partial charge in [-0.15, -0.1) is 0 Å². The molecule has 2 bridgehead atoms. The maximum atomic E-state index is 8.93. The van der Waals surface area contributed by atoms with Crippen LogP contribution in [-0.2, 0) is 0 Å². The van der Waals surface area contributed by atoms with Gasteiger partial charge in [-0.25, -0.2) is 0 Å². The molecule has 2 aliphatic rings. The molecular formula is C8H15NO. The first-order valence-corrected chi connectivity index (χ1v) is 4.25. The standard InChI is InChI=1S/C8H15NO/c10-5-6-3-7-1-2-8(4-6)9-7/h6-10H,1-5H2/t6-,7+,8-. The van der Waals surface area contributed by atoms with Crippen molar-refractivity contribution in [3.05, 3.63) is 0 Å². The molecule has 2 aliphatic heterocycles. The second-order valence-corrected chi connectivity index (χ2v) is 3.66. The normalized spacial score (nSPS) is 45.9. The molecule has 0 radical (unpaired) electrons. The van der Waals surface area contributed by atoms with Crippen LogP contribution in [0.3, 0.4) is 0 Å². The van der Waals surface area contributed by atoms with E-state index in [4.69, 9.17) is 5.11 Å². The van der Waals surface area contributed by atoms with Crippen LogP contribution in [0.25, 0.3) is 0 Å². The van der Waals surface area contributed by atoms with Gasteiger partial charge in [0.1, 0.15) is 0 Å². The van der Waals surface area contributed by atoms with Gasteiger partial charge in [-0.2, -0.15) is 0 Å². The van der Waals surface area contributed by atoms with Gasteiger partial charge in [0.15, 0.2) is 0 Å². The van der Waals surface area contributed by atoms with Crippen LogP contribution in [0.1, 0.15) is 25.7 Å². The van der Waals surface area contributed by atoms with Crippen LogP contribution >= 0.6 is 0 Å². The molecule has 0 amide bonds. The Morgan fingerprint density at radius 3 is 2.30 bits per heavy atom. The summed E-state index contributed by atoms with van der Waals surface area (Å²) in [5, 5.41) is 12.5. The SMILES string of the molecule is OC[C@H]1C[C@H]2CC[C@@H](C1)N2. The Hall–Kier alpha value is -0.0800. The molecule has 2 heterocycles. The van der Waals surface area contributed by atoms with Crippen LogP contribution in [-0.4, -0.2) is 23.8 Å². The van der Waals surface area contributed by atoms with E-state index >= 15 is 0 Å². The third kappa shape index (κ3) is 1.06. The summed E-state index contributed by atoms with van der Waals surface area (Å²) in [5.74, 6) is 0.596. The van der Waals surface area contributed by atoms with Gasteiger partial charge in [-0.1, -0.05) is 0 Å². The second kappa shape index (κ2) is 2.51. The van der Waals surface area contributed by atoms with E-state index in [1.165, 1.54) is 25.7 Å². The minimum atomic E-state index is 0.398. The topological polar surface area (TPSA) is 32.3 Å². The van der Waals surface area contributed by atoms with E-state index in [1.54, 1.807) is 0 Å². The highest BCUT2D eigenvalue weighted by molar-refractivity contribution is 4.91. The average molecular weight is 141 g/mol. The molecule has 58 valence electrons. The van der Waals surface area contributed by atoms with E-state index < -0.39 is 0 Å². The van der Waals surface area contributed by atoms with Crippen LogP contribution in [0.15, 0.2) is 0 Å². The van der Waals surface area contributed by atoms with E-state index in [9.17, 15) is 0 Å². The van der Waals surface area contributed by atoms with Crippen molar-refractivity contribution in [2.75, 3.05) is 6.61 Å². The Balaban J connectivity index is 1.96. The lowest BCUT2D eigenvalue weighted by molar-refractivity contribution is 0.174. The summed E-state index contributed by atoms with van der Waals surface area (Å²) in [5.41, 5.74) is 0. The van der Waals surface area contributed by atoms with Gasteiger partial charge in [-0.05, 0) is 31.6 Å².